The first-order chi connectivity index (χ1) is 16.0. The molecular weight excluding hydrogens is 422 g/mol. The number of ketones is 1. The molecule has 2 aromatic carbocycles. The lowest BCUT2D eigenvalue weighted by atomic mass is 9.95. The number of rotatable bonds is 8. The quantitative estimate of drug-likeness (QED) is 0.323. The first-order valence-electron chi connectivity index (χ1n) is 10.6. The number of aryl methyl sites for hydroxylation is 1. The number of hydrogen-bond acceptors (Lipinski definition) is 6. The Bertz CT molecular complexity index is 1150. The van der Waals surface area contributed by atoms with Crippen LogP contribution in [-0.4, -0.2) is 52.0 Å². The van der Waals surface area contributed by atoms with Crippen LogP contribution in [0.3, 0.4) is 0 Å². The minimum absolute atomic E-state index is 0.0676. The lowest BCUT2D eigenvalue weighted by Gasteiger charge is -2.25. The van der Waals surface area contributed by atoms with Crippen molar-refractivity contribution in [3.05, 3.63) is 84.0 Å². The van der Waals surface area contributed by atoms with Crippen LogP contribution in [0.2, 0.25) is 0 Å². The van der Waals surface area contributed by atoms with Crippen molar-refractivity contribution in [3.8, 4) is 11.5 Å². The number of methoxy groups -OCH3 is 2. The van der Waals surface area contributed by atoms with Gasteiger partial charge in [0.25, 0.3) is 11.7 Å². The summed E-state index contributed by atoms with van der Waals surface area (Å²) in [6.45, 7) is 0.996. The fourth-order valence-corrected chi connectivity index (χ4v) is 3.99. The molecule has 8 heteroatoms. The number of benzene rings is 2. The average Bonchev–Trinajstić information content (AvgIpc) is 3.46. The van der Waals surface area contributed by atoms with Crippen molar-refractivity contribution in [3.63, 3.8) is 0 Å². The number of aliphatic hydroxyl groups excluding tert-OH is 1. The lowest BCUT2D eigenvalue weighted by molar-refractivity contribution is -0.139. The van der Waals surface area contributed by atoms with Crippen LogP contribution in [-0.2, 0) is 16.1 Å². The zero-order chi connectivity index (χ0) is 23.4. The predicted molar refractivity (Wildman–Crippen MR) is 122 cm³/mol. The van der Waals surface area contributed by atoms with Crippen LogP contribution in [0, 0.1) is 0 Å². The maximum atomic E-state index is 13.1. The summed E-state index contributed by atoms with van der Waals surface area (Å²) in [6, 6.07) is 13.1. The van der Waals surface area contributed by atoms with E-state index in [-0.39, 0.29) is 11.3 Å². The van der Waals surface area contributed by atoms with Crippen molar-refractivity contribution in [2.45, 2.75) is 19.0 Å². The maximum absolute atomic E-state index is 13.1. The van der Waals surface area contributed by atoms with Crippen LogP contribution in [0.4, 0.5) is 0 Å². The van der Waals surface area contributed by atoms with E-state index in [1.807, 2.05) is 10.8 Å². The van der Waals surface area contributed by atoms with Crippen molar-refractivity contribution in [1.29, 1.82) is 0 Å². The van der Waals surface area contributed by atoms with Crippen molar-refractivity contribution >= 4 is 17.4 Å². The van der Waals surface area contributed by atoms with E-state index in [1.54, 1.807) is 75.3 Å². The van der Waals surface area contributed by atoms with Crippen LogP contribution >= 0.6 is 0 Å². The minimum Gasteiger partial charge on any atom is -0.507 e. The highest BCUT2D eigenvalue weighted by atomic mass is 16.5. The van der Waals surface area contributed by atoms with Gasteiger partial charge < -0.3 is 24.0 Å². The zero-order valence-corrected chi connectivity index (χ0v) is 18.5. The molecule has 4 rings (SSSR count). The molecule has 1 fully saturated rings. The Hall–Kier alpha value is -4.07. The Morgan fingerprint density at radius 2 is 1.61 bits per heavy atom. The number of carbonyl (C=O) groups excluding carboxylic acids is 2. The summed E-state index contributed by atoms with van der Waals surface area (Å²) in [5.41, 5.74) is 1.22. The number of hydrogen-bond donors (Lipinski definition) is 1. The van der Waals surface area contributed by atoms with E-state index in [0.29, 0.717) is 42.1 Å². The van der Waals surface area contributed by atoms with Gasteiger partial charge in [-0.1, -0.05) is 12.1 Å². The van der Waals surface area contributed by atoms with Crippen molar-refractivity contribution in [2.24, 2.45) is 0 Å². The van der Waals surface area contributed by atoms with Gasteiger partial charge in [-0.3, -0.25) is 9.59 Å². The highest BCUT2D eigenvalue weighted by Gasteiger charge is 2.45. The number of carbonyl (C=O) groups is 2. The van der Waals surface area contributed by atoms with E-state index in [1.165, 1.54) is 4.90 Å². The standard InChI is InChI=1S/C25H25N3O5/c1-32-19-8-4-17(5-9-19)22-21(23(29)18-6-10-20(33-2)11-7-18)24(30)25(31)28(22)14-3-13-27-15-12-26-16-27/h4-12,15-16,22,29H,3,13-14H2,1-2H3. The van der Waals surface area contributed by atoms with Crippen LogP contribution in [0.5, 0.6) is 11.5 Å². The van der Waals surface area contributed by atoms with Crippen molar-refractivity contribution in [2.75, 3.05) is 20.8 Å². The minimum atomic E-state index is -0.708. The van der Waals surface area contributed by atoms with Crippen LogP contribution in [0.1, 0.15) is 23.6 Å². The average molecular weight is 447 g/mol. The van der Waals surface area contributed by atoms with Crippen molar-refractivity contribution in [1.82, 2.24) is 14.5 Å². The normalized spacial score (nSPS) is 17.4. The lowest BCUT2D eigenvalue weighted by Crippen LogP contribution is -2.31. The molecule has 3 aromatic rings. The maximum Gasteiger partial charge on any atom is 0.295 e. The molecule has 33 heavy (non-hydrogen) atoms. The van der Waals surface area contributed by atoms with E-state index in [0.717, 1.165) is 0 Å². The van der Waals surface area contributed by atoms with E-state index >= 15 is 0 Å². The molecule has 1 aliphatic heterocycles. The van der Waals surface area contributed by atoms with Gasteiger partial charge in [0.1, 0.15) is 17.3 Å². The molecule has 0 spiro atoms. The first-order valence-corrected chi connectivity index (χ1v) is 10.6. The number of imidazole rings is 1. The molecule has 1 aliphatic rings. The molecule has 0 saturated carbocycles. The molecule has 1 aromatic heterocycles. The Balaban J connectivity index is 1.72. The highest BCUT2D eigenvalue weighted by Crippen LogP contribution is 2.40. The second-order valence-corrected chi connectivity index (χ2v) is 7.65. The molecule has 1 unspecified atom stereocenters. The largest absolute Gasteiger partial charge is 0.507 e. The number of aliphatic hydroxyl groups is 1. The fourth-order valence-electron chi connectivity index (χ4n) is 3.99. The molecule has 1 atom stereocenters. The molecule has 2 heterocycles. The number of amides is 1. The van der Waals surface area contributed by atoms with Gasteiger partial charge in [-0.05, 0) is 48.4 Å². The summed E-state index contributed by atoms with van der Waals surface area (Å²) in [5, 5.41) is 11.1. The number of Topliss-reactive ketones (excluding diaryl/α,β-unsaturated/α-hetero) is 1. The van der Waals surface area contributed by atoms with Gasteiger partial charge in [0.05, 0.1) is 32.2 Å². The van der Waals surface area contributed by atoms with Crippen LogP contribution in [0.15, 0.2) is 72.8 Å². The molecule has 170 valence electrons. The van der Waals surface area contributed by atoms with Gasteiger partial charge in [-0.15, -0.1) is 0 Å². The van der Waals surface area contributed by atoms with Gasteiger partial charge in [-0.2, -0.15) is 0 Å². The van der Waals surface area contributed by atoms with E-state index in [4.69, 9.17) is 9.47 Å². The second kappa shape index (κ2) is 9.60. The van der Waals surface area contributed by atoms with E-state index in [9.17, 15) is 14.7 Å². The van der Waals surface area contributed by atoms with Gasteiger partial charge in [-0.25, -0.2) is 4.98 Å². The summed E-state index contributed by atoms with van der Waals surface area (Å²) in [7, 11) is 3.12. The molecule has 8 nitrogen and oxygen atoms in total. The van der Waals surface area contributed by atoms with E-state index < -0.39 is 17.7 Å². The Morgan fingerprint density at radius 1 is 0.970 bits per heavy atom. The number of ether oxygens (including phenoxy) is 2. The molecule has 0 aliphatic carbocycles. The molecule has 0 bridgehead atoms. The predicted octanol–water partition coefficient (Wildman–Crippen LogP) is 3.41. The summed E-state index contributed by atoms with van der Waals surface area (Å²) in [4.78, 5) is 31.6. The summed E-state index contributed by atoms with van der Waals surface area (Å²) in [6.07, 6.45) is 5.87. The van der Waals surface area contributed by atoms with Crippen molar-refractivity contribution < 1.29 is 24.2 Å². The third kappa shape index (κ3) is 4.45. The van der Waals surface area contributed by atoms with Gasteiger partial charge >= 0.3 is 0 Å². The summed E-state index contributed by atoms with van der Waals surface area (Å²) >= 11 is 0. The second-order valence-electron chi connectivity index (χ2n) is 7.65. The SMILES string of the molecule is COc1ccc(C(O)=C2C(=O)C(=O)N(CCCn3ccnc3)C2c2ccc(OC)cc2)cc1. The molecular formula is C25H25N3O5. The smallest absolute Gasteiger partial charge is 0.295 e. The fraction of sp³-hybridized carbons (Fsp3) is 0.240. The summed E-state index contributed by atoms with van der Waals surface area (Å²) < 4.78 is 12.3. The molecule has 1 amide bonds. The summed E-state index contributed by atoms with van der Waals surface area (Å²) in [5.74, 6) is -0.263. The molecule has 1 saturated heterocycles. The topological polar surface area (TPSA) is 93.9 Å². The number of likely N-dealkylation sites (tertiary alicyclic amines) is 1. The molecule has 1 N–H and O–H groups in total. The number of aromatic nitrogens is 2. The number of nitrogens with zero attached hydrogens (tertiary/aromatic N) is 3. The van der Waals surface area contributed by atoms with Gasteiger partial charge in [0, 0.05) is 31.0 Å². The Labute approximate surface area is 191 Å². The monoisotopic (exact) mass is 447 g/mol. The van der Waals surface area contributed by atoms with Crippen LogP contribution in [0.25, 0.3) is 5.76 Å². The highest BCUT2D eigenvalue weighted by molar-refractivity contribution is 6.46. The van der Waals surface area contributed by atoms with E-state index in [2.05, 4.69) is 4.98 Å². The van der Waals surface area contributed by atoms with Gasteiger partial charge in [0.2, 0.25) is 0 Å². The Kier molecular flexibility index (Phi) is 6.44. The zero-order valence-electron chi connectivity index (χ0n) is 18.5. The third-order valence-electron chi connectivity index (χ3n) is 5.71. The first kappa shape index (κ1) is 22.1. The van der Waals surface area contributed by atoms with Gasteiger partial charge in [0.15, 0.2) is 0 Å². The molecule has 0 radical (unpaired) electrons. The third-order valence-corrected chi connectivity index (χ3v) is 5.71. The Morgan fingerprint density at radius 3 is 2.18 bits per heavy atom. The van der Waals surface area contributed by atoms with Crippen LogP contribution < -0.4 is 9.47 Å².